The Hall–Kier alpha value is -1.09. The molecule has 0 radical (unpaired) electrons. The highest BCUT2D eigenvalue weighted by molar-refractivity contribution is 5.47. The molecule has 1 saturated carbocycles. The number of hydrogen-bond acceptors (Lipinski definition) is 2. The third-order valence-corrected chi connectivity index (χ3v) is 4.67. The second-order valence-electron chi connectivity index (χ2n) is 6.73. The Morgan fingerprint density at radius 3 is 2.58 bits per heavy atom. The first-order chi connectivity index (χ1) is 8.88. The van der Waals surface area contributed by atoms with Gasteiger partial charge in [0.15, 0.2) is 0 Å². The van der Waals surface area contributed by atoms with E-state index in [4.69, 9.17) is 5.73 Å². The van der Waals surface area contributed by atoms with Gasteiger partial charge in [0.2, 0.25) is 0 Å². The van der Waals surface area contributed by atoms with Gasteiger partial charge < -0.3 is 11.1 Å². The second kappa shape index (κ2) is 5.12. The van der Waals surface area contributed by atoms with Crippen LogP contribution in [0.4, 0.5) is 10.1 Å². The molecule has 3 heteroatoms. The first kappa shape index (κ1) is 14.3. The fraction of sp³-hybridized carbons (Fsp3) is 0.625. The lowest BCUT2D eigenvalue weighted by Crippen LogP contribution is -2.55. The summed E-state index contributed by atoms with van der Waals surface area (Å²) < 4.78 is 13.8. The van der Waals surface area contributed by atoms with Crippen LogP contribution in [0.15, 0.2) is 24.3 Å². The highest BCUT2D eigenvalue weighted by atomic mass is 19.1. The van der Waals surface area contributed by atoms with Gasteiger partial charge in [-0.15, -0.1) is 0 Å². The smallest absolute Gasteiger partial charge is 0.146 e. The van der Waals surface area contributed by atoms with Crippen molar-refractivity contribution in [2.45, 2.75) is 45.6 Å². The molecule has 1 aliphatic rings. The lowest BCUT2D eigenvalue weighted by Gasteiger charge is -2.49. The molecule has 2 nitrogen and oxygen atoms in total. The van der Waals surface area contributed by atoms with E-state index < -0.39 is 0 Å². The van der Waals surface area contributed by atoms with E-state index in [2.05, 4.69) is 26.1 Å². The minimum Gasteiger partial charge on any atom is -0.376 e. The molecule has 0 heterocycles. The van der Waals surface area contributed by atoms with Crippen LogP contribution in [-0.4, -0.2) is 12.1 Å². The molecule has 2 unspecified atom stereocenters. The Balaban J connectivity index is 2.22. The normalized spacial score (nSPS) is 30.1. The molecule has 0 aliphatic heterocycles. The molecule has 2 rings (SSSR count). The predicted molar refractivity (Wildman–Crippen MR) is 78.6 cm³/mol. The lowest BCUT2D eigenvalue weighted by molar-refractivity contribution is 0.120. The monoisotopic (exact) mass is 264 g/mol. The molecule has 1 aliphatic carbocycles. The van der Waals surface area contributed by atoms with E-state index in [-0.39, 0.29) is 11.4 Å². The maximum absolute atomic E-state index is 13.8. The molecule has 1 fully saturated rings. The molecule has 2 atom stereocenters. The summed E-state index contributed by atoms with van der Waals surface area (Å²) in [5, 5.41) is 3.40. The van der Waals surface area contributed by atoms with Gasteiger partial charge in [-0.1, -0.05) is 32.9 Å². The maximum atomic E-state index is 13.8. The number of para-hydroxylation sites is 1. The highest BCUT2D eigenvalue weighted by Crippen LogP contribution is 2.45. The van der Waals surface area contributed by atoms with Gasteiger partial charge in [-0.3, -0.25) is 0 Å². The first-order valence-electron chi connectivity index (χ1n) is 7.11. The van der Waals surface area contributed by atoms with Crippen molar-refractivity contribution in [3.63, 3.8) is 0 Å². The van der Waals surface area contributed by atoms with Crippen LogP contribution < -0.4 is 11.1 Å². The van der Waals surface area contributed by atoms with Crippen LogP contribution in [0, 0.1) is 17.2 Å². The van der Waals surface area contributed by atoms with E-state index in [1.54, 1.807) is 12.1 Å². The fourth-order valence-electron chi connectivity index (χ4n) is 3.30. The third kappa shape index (κ3) is 2.92. The summed E-state index contributed by atoms with van der Waals surface area (Å²) in [4.78, 5) is 0. The molecule has 0 spiro atoms. The number of halogens is 1. The largest absolute Gasteiger partial charge is 0.376 e. The van der Waals surface area contributed by atoms with Crippen LogP contribution in [-0.2, 0) is 0 Å². The van der Waals surface area contributed by atoms with E-state index in [0.29, 0.717) is 23.6 Å². The van der Waals surface area contributed by atoms with Gasteiger partial charge in [-0.2, -0.15) is 0 Å². The van der Waals surface area contributed by atoms with Crippen molar-refractivity contribution in [1.29, 1.82) is 0 Å². The van der Waals surface area contributed by atoms with Crippen molar-refractivity contribution in [2.24, 2.45) is 17.1 Å². The van der Waals surface area contributed by atoms with E-state index in [9.17, 15) is 4.39 Å². The highest BCUT2D eigenvalue weighted by Gasteiger charge is 2.43. The summed E-state index contributed by atoms with van der Waals surface area (Å²) in [6.45, 7) is 7.36. The summed E-state index contributed by atoms with van der Waals surface area (Å²) >= 11 is 0. The SMILES string of the molecule is CC1CC(C)(C)CCC1(CN)Nc1ccccc1F. The van der Waals surface area contributed by atoms with Gasteiger partial charge in [-0.25, -0.2) is 4.39 Å². The van der Waals surface area contributed by atoms with Crippen molar-refractivity contribution in [1.82, 2.24) is 0 Å². The van der Waals surface area contributed by atoms with Gasteiger partial charge in [0.25, 0.3) is 0 Å². The van der Waals surface area contributed by atoms with E-state index in [1.807, 2.05) is 6.07 Å². The van der Waals surface area contributed by atoms with Crippen molar-refractivity contribution >= 4 is 5.69 Å². The Labute approximate surface area is 115 Å². The fourth-order valence-corrected chi connectivity index (χ4v) is 3.30. The van der Waals surface area contributed by atoms with Gasteiger partial charge in [0.05, 0.1) is 11.2 Å². The van der Waals surface area contributed by atoms with Crippen LogP contribution in [0.1, 0.15) is 40.0 Å². The van der Waals surface area contributed by atoms with Gasteiger partial charge in [0.1, 0.15) is 5.82 Å². The van der Waals surface area contributed by atoms with Crippen molar-refractivity contribution in [3.05, 3.63) is 30.1 Å². The summed E-state index contributed by atoms with van der Waals surface area (Å²) in [5.74, 6) is 0.230. The summed E-state index contributed by atoms with van der Waals surface area (Å²) in [6, 6.07) is 6.85. The Bertz CT molecular complexity index is 444. The summed E-state index contributed by atoms with van der Waals surface area (Å²) in [5.41, 5.74) is 6.77. The molecule has 0 bridgehead atoms. The van der Waals surface area contributed by atoms with Crippen molar-refractivity contribution < 1.29 is 4.39 Å². The topological polar surface area (TPSA) is 38.0 Å². The number of nitrogens with one attached hydrogen (secondary N) is 1. The molecule has 3 N–H and O–H groups in total. The molecule has 0 amide bonds. The number of benzene rings is 1. The molecule has 0 aromatic heterocycles. The minimum absolute atomic E-state index is 0.183. The molecular formula is C16H25FN2. The molecule has 0 saturated heterocycles. The van der Waals surface area contributed by atoms with E-state index in [0.717, 1.165) is 19.3 Å². The maximum Gasteiger partial charge on any atom is 0.146 e. The molecule has 106 valence electrons. The Kier molecular flexibility index (Phi) is 3.86. The molecular weight excluding hydrogens is 239 g/mol. The van der Waals surface area contributed by atoms with E-state index in [1.165, 1.54) is 6.07 Å². The first-order valence-corrected chi connectivity index (χ1v) is 7.11. The molecule has 19 heavy (non-hydrogen) atoms. The number of nitrogens with two attached hydrogens (primary N) is 1. The predicted octanol–water partition coefficient (Wildman–Crippen LogP) is 3.78. The standard InChI is InChI=1S/C16H25FN2/c1-12-10-15(2,3)8-9-16(12,11-18)19-14-7-5-4-6-13(14)17/h4-7,12,19H,8-11,18H2,1-3H3. The Morgan fingerprint density at radius 1 is 1.32 bits per heavy atom. The zero-order chi connectivity index (χ0) is 14.1. The average molecular weight is 264 g/mol. The van der Waals surface area contributed by atoms with Gasteiger partial charge >= 0.3 is 0 Å². The summed E-state index contributed by atoms with van der Waals surface area (Å²) in [6.07, 6.45) is 3.23. The Morgan fingerprint density at radius 2 is 2.00 bits per heavy atom. The third-order valence-electron chi connectivity index (χ3n) is 4.67. The lowest BCUT2D eigenvalue weighted by atomic mass is 9.63. The minimum atomic E-state index is -0.202. The summed E-state index contributed by atoms with van der Waals surface area (Å²) in [7, 11) is 0. The van der Waals surface area contributed by atoms with Crippen LogP contribution >= 0.6 is 0 Å². The van der Waals surface area contributed by atoms with Crippen LogP contribution in [0.25, 0.3) is 0 Å². The quantitative estimate of drug-likeness (QED) is 0.872. The molecule has 1 aromatic rings. The van der Waals surface area contributed by atoms with Gasteiger partial charge in [0, 0.05) is 6.54 Å². The van der Waals surface area contributed by atoms with Gasteiger partial charge in [-0.05, 0) is 42.7 Å². The van der Waals surface area contributed by atoms with Crippen molar-refractivity contribution in [3.8, 4) is 0 Å². The molecule has 1 aromatic carbocycles. The number of anilines is 1. The van der Waals surface area contributed by atoms with E-state index >= 15 is 0 Å². The zero-order valence-electron chi connectivity index (χ0n) is 12.2. The number of hydrogen-bond donors (Lipinski definition) is 2. The average Bonchev–Trinajstić information content (AvgIpc) is 2.35. The zero-order valence-corrected chi connectivity index (χ0v) is 12.2. The second-order valence-corrected chi connectivity index (χ2v) is 6.73. The number of rotatable bonds is 3. The van der Waals surface area contributed by atoms with Crippen molar-refractivity contribution in [2.75, 3.05) is 11.9 Å². The van der Waals surface area contributed by atoms with Crippen LogP contribution in [0.2, 0.25) is 0 Å². The van der Waals surface area contributed by atoms with Crippen LogP contribution in [0.5, 0.6) is 0 Å². The van der Waals surface area contributed by atoms with Crippen LogP contribution in [0.3, 0.4) is 0 Å².